The second kappa shape index (κ2) is 12.5. The van der Waals surface area contributed by atoms with Gasteiger partial charge < -0.3 is 15.2 Å². The Balaban J connectivity index is 0.000000181. The van der Waals surface area contributed by atoms with E-state index >= 15 is 0 Å². The van der Waals surface area contributed by atoms with Crippen LogP contribution in [-0.2, 0) is 20.1 Å². The molecular weight excluding hydrogens is 659 g/mol. The van der Waals surface area contributed by atoms with Crippen molar-refractivity contribution in [3.8, 4) is 11.3 Å². The summed E-state index contributed by atoms with van der Waals surface area (Å²) in [5.74, 6) is 1.36. The molecule has 0 spiro atoms. The van der Waals surface area contributed by atoms with Crippen molar-refractivity contribution in [1.82, 2.24) is 4.98 Å². The molecule has 0 saturated heterocycles. The van der Waals surface area contributed by atoms with Crippen molar-refractivity contribution in [3.63, 3.8) is 0 Å². The molecule has 1 aromatic heterocycles. The zero-order chi connectivity index (χ0) is 26.9. The van der Waals surface area contributed by atoms with E-state index in [1.165, 1.54) is 61.3 Å². The van der Waals surface area contributed by atoms with Gasteiger partial charge in [-0.1, -0.05) is 71.2 Å². The Bertz CT molecular complexity index is 1220. The number of rotatable bonds is 2. The third-order valence-electron chi connectivity index (χ3n) is 9.99. The van der Waals surface area contributed by atoms with Crippen molar-refractivity contribution in [1.29, 1.82) is 0 Å². The molecule has 213 valence electrons. The normalized spacial score (nSPS) is 27.9. The van der Waals surface area contributed by atoms with Gasteiger partial charge in [0.05, 0.1) is 12.2 Å². The quantitative estimate of drug-likeness (QED) is 0.264. The van der Waals surface area contributed by atoms with E-state index in [0.717, 1.165) is 30.0 Å². The molecule has 39 heavy (non-hydrogen) atoms. The average Bonchev–Trinajstić information content (AvgIpc) is 3.42. The van der Waals surface area contributed by atoms with Crippen molar-refractivity contribution in [2.45, 2.75) is 104 Å². The van der Waals surface area contributed by atoms with E-state index in [9.17, 15) is 10.2 Å². The summed E-state index contributed by atoms with van der Waals surface area (Å²) in [6.45, 7) is 8.57. The third-order valence-corrected chi connectivity index (χ3v) is 9.99. The van der Waals surface area contributed by atoms with E-state index < -0.39 is 0 Å². The molecule has 4 heteroatoms. The molecule has 3 saturated carbocycles. The van der Waals surface area contributed by atoms with Gasteiger partial charge in [0.2, 0.25) is 0 Å². The first-order valence-electron chi connectivity index (χ1n) is 14.9. The summed E-state index contributed by atoms with van der Waals surface area (Å²) in [5, 5.41) is 23.8. The van der Waals surface area contributed by atoms with Crippen LogP contribution in [0, 0.1) is 28.7 Å². The average molecular weight is 705 g/mol. The number of aliphatic hydroxyl groups is 2. The maximum atomic E-state index is 10.7. The van der Waals surface area contributed by atoms with Gasteiger partial charge in [-0.3, -0.25) is 0 Å². The smallest absolute Gasteiger partial charge is 0.0646 e. The molecule has 1 heterocycles. The molecule has 3 aliphatic carbocycles. The fraction of sp³-hybridized carbons (Fsp3) is 0.571. The number of aromatic nitrogens is 1. The van der Waals surface area contributed by atoms with E-state index in [2.05, 4.69) is 69.1 Å². The van der Waals surface area contributed by atoms with Crippen LogP contribution in [0.25, 0.3) is 22.0 Å². The molecule has 0 aliphatic heterocycles. The van der Waals surface area contributed by atoms with Crippen molar-refractivity contribution in [3.05, 3.63) is 66.4 Å². The first-order chi connectivity index (χ1) is 18.2. The maximum Gasteiger partial charge on any atom is 0.0646 e. The van der Waals surface area contributed by atoms with Gasteiger partial charge in [0.15, 0.2) is 0 Å². The predicted molar refractivity (Wildman–Crippen MR) is 157 cm³/mol. The number of aliphatic hydroxyl groups excluding tert-OH is 2. The van der Waals surface area contributed by atoms with Crippen LogP contribution in [-0.4, -0.2) is 27.4 Å². The van der Waals surface area contributed by atoms with E-state index in [1.807, 2.05) is 24.4 Å². The molecular formula is C35H46IrNO2-. The van der Waals surface area contributed by atoms with Crippen molar-refractivity contribution >= 4 is 10.8 Å². The molecule has 3 aliphatic rings. The largest absolute Gasteiger partial charge is 0.392 e. The van der Waals surface area contributed by atoms with Crippen molar-refractivity contribution < 1.29 is 30.3 Å². The van der Waals surface area contributed by atoms with Crippen LogP contribution in [0.15, 0.2) is 54.7 Å². The van der Waals surface area contributed by atoms with Gasteiger partial charge in [0.1, 0.15) is 0 Å². The number of benzene rings is 2. The van der Waals surface area contributed by atoms with E-state index in [1.54, 1.807) is 0 Å². The van der Waals surface area contributed by atoms with Gasteiger partial charge in [-0.15, -0.1) is 35.9 Å². The summed E-state index contributed by atoms with van der Waals surface area (Å²) in [7, 11) is 0. The predicted octanol–water partition coefficient (Wildman–Crippen LogP) is 8.33. The Morgan fingerprint density at radius 1 is 0.795 bits per heavy atom. The molecule has 1 radical (unpaired) electrons. The molecule has 6 rings (SSSR count). The molecule has 0 bridgehead atoms. The molecule has 3 fully saturated rings. The first-order valence-corrected chi connectivity index (χ1v) is 14.9. The Hall–Kier alpha value is -1.58. The monoisotopic (exact) mass is 705 g/mol. The minimum absolute atomic E-state index is 0. The SMILES string of the molecule is CC1(C)CCCC2CCC(C)(C)C(O)C2C1O.[Ir].[c-]1ccccc1-c1cc2cc(C3CCCC3)ccc2cn1. The van der Waals surface area contributed by atoms with E-state index in [0.29, 0.717) is 5.92 Å². The molecule has 4 unspecified atom stereocenters. The zero-order valence-electron chi connectivity index (χ0n) is 24.1. The molecule has 2 aromatic carbocycles. The van der Waals surface area contributed by atoms with Crippen LogP contribution in [0.5, 0.6) is 0 Å². The van der Waals surface area contributed by atoms with E-state index in [4.69, 9.17) is 0 Å². The third kappa shape index (κ3) is 6.67. The number of fused-ring (bicyclic) bond motifs is 2. The summed E-state index contributed by atoms with van der Waals surface area (Å²) in [5.41, 5.74) is 3.47. The summed E-state index contributed by atoms with van der Waals surface area (Å²) >= 11 is 0. The zero-order valence-corrected chi connectivity index (χ0v) is 26.5. The number of pyridine rings is 1. The summed E-state index contributed by atoms with van der Waals surface area (Å²) in [6, 6.07) is 20.3. The molecule has 2 N–H and O–H groups in total. The Kier molecular flexibility index (Phi) is 9.75. The Morgan fingerprint density at radius 3 is 2.21 bits per heavy atom. The molecule has 3 aromatic rings. The van der Waals surface area contributed by atoms with Crippen LogP contribution < -0.4 is 0 Å². The van der Waals surface area contributed by atoms with Crippen molar-refractivity contribution in [2.24, 2.45) is 22.7 Å². The fourth-order valence-corrected chi connectivity index (χ4v) is 7.30. The molecule has 0 amide bonds. The summed E-state index contributed by atoms with van der Waals surface area (Å²) in [4.78, 5) is 4.57. The maximum absolute atomic E-state index is 10.7. The Labute approximate surface area is 249 Å². The van der Waals surface area contributed by atoms with Gasteiger partial charge >= 0.3 is 0 Å². The second-order valence-corrected chi connectivity index (χ2v) is 13.6. The van der Waals surface area contributed by atoms with E-state index in [-0.39, 0.29) is 49.1 Å². The van der Waals surface area contributed by atoms with Gasteiger partial charge in [0, 0.05) is 32.2 Å². The van der Waals surface area contributed by atoms with Crippen LogP contribution in [0.1, 0.15) is 97.0 Å². The van der Waals surface area contributed by atoms with Crippen LogP contribution in [0.2, 0.25) is 0 Å². The van der Waals surface area contributed by atoms with Gasteiger partial charge in [-0.2, -0.15) is 0 Å². The summed E-state index contributed by atoms with van der Waals surface area (Å²) in [6.07, 6.45) is 12.4. The number of nitrogens with zero attached hydrogens (tertiary/aromatic N) is 1. The fourth-order valence-electron chi connectivity index (χ4n) is 7.30. The summed E-state index contributed by atoms with van der Waals surface area (Å²) < 4.78 is 0. The molecule has 4 atom stereocenters. The van der Waals surface area contributed by atoms with Gasteiger partial charge in [-0.05, 0) is 83.2 Å². The topological polar surface area (TPSA) is 53.4 Å². The number of hydrogen-bond acceptors (Lipinski definition) is 3. The van der Waals surface area contributed by atoms with Crippen LogP contribution in [0.4, 0.5) is 0 Å². The standard InChI is InChI=1S/C20H18N.C15H28O2.Ir/c1-2-8-16(9-3-1)20-13-19-12-17(15-6-4-5-7-15)10-11-18(19)14-21-20;1-14(2)8-5-6-10-7-9-15(3,4)13(17)11(10)12(14)16;/h1-3,8,10-15H,4-7H2;10-13,16-17H,5-9H2,1-4H3;/q-1;;. The Morgan fingerprint density at radius 2 is 1.51 bits per heavy atom. The van der Waals surface area contributed by atoms with Crippen LogP contribution in [0.3, 0.4) is 0 Å². The van der Waals surface area contributed by atoms with Crippen LogP contribution >= 0.6 is 0 Å². The van der Waals surface area contributed by atoms with Crippen molar-refractivity contribution in [2.75, 3.05) is 0 Å². The van der Waals surface area contributed by atoms with Gasteiger partial charge in [0.25, 0.3) is 0 Å². The first kappa shape index (κ1) is 30.4. The van der Waals surface area contributed by atoms with Gasteiger partial charge in [-0.25, -0.2) is 0 Å². The minimum Gasteiger partial charge on any atom is -0.392 e. The number of hydrogen-bond donors (Lipinski definition) is 2. The second-order valence-electron chi connectivity index (χ2n) is 13.6. The molecule has 3 nitrogen and oxygen atoms in total. The minimum atomic E-state index is -0.357.